The van der Waals surface area contributed by atoms with E-state index >= 15 is 0 Å². The molecule has 0 saturated carbocycles. The van der Waals surface area contributed by atoms with E-state index in [-0.39, 0.29) is 17.5 Å². The molecule has 1 rings (SSSR count). The Kier molecular flexibility index (Phi) is 4.61. The molecule has 0 aliphatic rings. The molecule has 7 heteroatoms. The highest BCUT2D eigenvalue weighted by Gasteiger charge is 2.18. The van der Waals surface area contributed by atoms with E-state index in [1.807, 2.05) is 0 Å². The number of ether oxygens (including phenoxy) is 1. The Hall–Kier alpha value is -1.69. The molecule has 0 radical (unpaired) electrons. The van der Waals surface area contributed by atoms with Gasteiger partial charge in [-0.3, -0.25) is 4.79 Å². The van der Waals surface area contributed by atoms with Crippen molar-refractivity contribution in [2.45, 2.75) is 26.9 Å². The molecule has 18 heavy (non-hydrogen) atoms. The van der Waals surface area contributed by atoms with Crippen LogP contribution in [0.1, 0.15) is 31.3 Å². The maximum absolute atomic E-state index is 13.5. The summed E-state index contributed by atoms with van der Waals surface area (Å²) < 4.78 is 18.4. The highest BCUT2D eigenvalue weighted by molar-refractivity contribution is 6.30. The lowest BCUT2D eigenvalue weighted by Crippen LogP contribution is -2.15. The monoisotopic (exact) mass is 274 g/mol. The number of pyridine rings is 1. The zero-order chi connectivity index (χ0) is 13.9. The smallest absolute Gasteiger partial charge is 0.357 e. The molecule has 0 aliphatic carbocycles. The third-order valence-corrected chi connectivity index (χ3v) is 2.03. The van der Waals surface area contributed by atoms with Crippen LogP contribution in [0.2, 0.25) is 5.15 Å². The number of rotatable bonds is 3. The van der Waals surface area contributed by atoms with Gasteiger partial charge >= 0.3 is 5.97 Å². The molecule has 0 unspecified atom stereocenters. The van der Waals surface area contributed by atoms with E-state index in [1.54, 1.807) is 13.8 Å². The van der Waals surface area contributed by atoms with Crippen molar-refractivity contribution in [3.8, 4) is 0 Å². The number of carbonyl (C=O) groups is 2. The van der Waals surface area contributed by atoms with Crippen LogP contribution in [-0.4, -0.2) is 23.0 Å². The Balaban J connectivity index is 3.11. The summed E-state index contributed by atoms with van der Waals surface area (Å²) >= 11 is 5.54. The molecule has 0 saturated heterocycles. The Labute approximate surface area is 108 Å². The van der Waals surface area contributed by atoms with Crippen molar-refractivity contribution < 1.29 is 18.7 Å². The summed E-state index contributed by atoms with van der Waals surface area (Å²) in [6.07, 6.45) is -0.340. The zero-order valence-electron chi connectivity index (χ0n) is 10.1. The molecular weight excluding hydrogens is 263 g/mol. The van der Waals surface area contributed by atoms with Crippen molar-refractivity contribution in [3.05, 3.63) is 22.7 Å². The van der Waals surface area contributed by atoms with Gasteiger partial charge in [0.25, 0.3) is 0 Å². The van der Waals surface area contributed by atoms with Crippen molar-refractivity contribution >= 4 is 29.2 Å². The summed E-state index contributed by atoms with van der Waals surface area (Å²) in [4.78, 5) is 26.0. The van der Waals surface area contributed by atoms with Crippen LogP contribution in [0.25, 0.3) is 0 Å². The SMILES string of the molecule is CC(=O)Nc1cc(C(=O)OC(C)C)nc(Cl)c1F. The lowest BCUT2D eigenvalue weighted by Gasteiger charge is -2.10. The average molecular weight is 275 g/mol. The third kappa shape index (κ3) is 3.66. The first-order valence-corrected chi connectivity index (χ1v) is 5.53. The Morgan fingerprint density at radius 1 is 1.50 bits per heavy atom. The fraction of sp³-hybridized carbons (Fsp3) is 0.364. The molecule has 0 spiro atoms. The van der Waals surface area contributed by atoms with Gasteiger partial charge in [0, 0.05) is 6.92 Å². The molecule has 1 aromatic heterocycles. The summed E-state index contributed by atoms with van der Waals surface area (Å²) in [6, 6.07) is 1.08. The van der Waals surface area contributed by atoms with Crippen LogP contribution in [0.5, 0.6) is 0 Å². The standard InChI is InChI=1S/C11H12ClFN2O3/c1-5(2)18-11(17)8-4-7(14-6(3)16)9(13)10(12)15-8/h4-5H,1-3H3,(H,14,15,16). The summed E-state index contributed by atoms with van der Waals surface area (Å²) in [5.74, 6) is -2.12. The van der Waals surface area contributed by atoms with Gasteiger partial charge in [-0.1, -0.05) is 11.6 Å². The molecule has 1 N–H and O–H groups in total. The minimum atomic E-state index is -0.895. The van der Waals surface area contributed by atoms with Gasteiger partial charge in [-0.15, -0.1) is 0 Å². The lowest BCUT2D eigenvalue weighted by atomic mass is 10.3. The van der Waals surface area contributed by atoms with Crippen molar-refractivity contribution in [2.24, 2.45) is 0 Å². The quantitative estimate of drug-likeness (QED) is 0.679. The van der Waals surface area contributed by atoms with E-state index in [0.717, 1.165) is 6.07 Å². The largest absolute Gasteiger partial charge is 0.458 e. The first-order valence-electron chi connectivity index (χ1n) is 5.16. The number of nitrogens with one attached hydrogen (secondary N) is 1. The normalized spacial score (nSPS) is 10.3. The molecule has 0 bridgehead atoms. The van der Waals surface area contributed by atoms with Gasteiger partial charge in [0.2, 0.25) is 5.91 Å². The van der Waals surface area contributed by atoms with Gasteiger partial charge in [-0.25, -0.2) is 14.2 Å². The first-order chi connectivity index (χ1) is 8.31. The average Bonchev–Trinajstić information content (AvgIpc) is 2.22. The predicted molar refractivity (Wildman–Crippen MR) is 64.1 cm³/mol. The number of carbonyl (C=O) groups excluding carboxylic acids is 2. The van der Waals surface area contributed by atoms with Crippen molar-refractivity contribution in [1.82, 2.24) is 4.98 Å². The highest BCUT2D eigenvalue weighted by atomic mass is 35.5. The van der Waals surface area contributed by atoms with Gasteiger partial charge in [0.1, 0.15) is 0 Å². The van der Waals surface area contributed by atoms with E-state index in [9.17, 15) is 14.0 Å². The summed E-state index contributed by atoms with van der Waals surface area (Å²) in [6.45, 7) is 4.54. The van der Waals surface area contributed by atoms with Crippen LogP contribution in [0.15, 0.2) is 6.07 Å². The minimum Gasteiger partial charge on any atom is -0.458 e. The third-order valence-electron chi connectivity index (χ3n) is 1.78. The number of nitrogens with zero attached hydrogens (tertiary/aromatic N) is 1. The summed E-state index contributed by atoms with van der Waals surface area (Å²) in [5, 5.41) is 1.71. The fourth-order valence-corrected chi connectivity index (χ4v) is 1.35. The number of amides is 1. The first kappa shape index (κ1) is 14.4. The Morgan fingerprint density at radius 2 is 2.11 bits per heavy atom. The van der Waals surface area contributed by atoms with Crippen LogP contribution >= 0.6 is 11.6 Å². The van der Waals surface area contributed by atoms with E-state index < -0.39 is 22.8 Å². The molecule has 98 valence electrons. The molecule has 1 amide bonds. The number of halogens is 2. The topological polar surface area (TPSA) is 68.3 Å². The molecule has 5 nitrogen and oxygen atoms in total. The van der Waals surface area contributed by atoms with Gasteiger partial charge in [0.15, 0.2) is 16.7 Å². The van der Waals surface area contributed by atoms with Crippen LogP contribution in [-0.2, 0) is 9.53 Å². The molecule has 0 aromatic carbocycles. The molecule has 1 aromatic rings. The molecule has 0 atom stereocenters. The van der Waals surface area contributed by atoms with Gasteiger partial charge in [-0.2, -0.15) is 0 Å². The molecule has 1 heterocycles. The second-order valence-corrected chi connectivity index (χ2v) is 4.15. The second-order valence-electron chi connectivity index (χ2n) is 3.80. The number of aromatic nitrogens is 1. The van der Waals surface area contributed by atoms with Gasteiger partial charge in [-0.05, 0) is 19.9 Å². The van der Waals surface area contributed by atoms with E-state index in [0.29, 0.717) is 0 Å². The van der Waals surface area contributed by atoms with Crippen molar-refractivity contribution in [3.63, 3.8) is 0 Å². The van der Waals surface area contributed by atoms with Crippen LogP contribution < -0.4 is 5.32 Å². The maximum atomic E-state index is 13.5. The minimum absolute atomic E-state index is 0.168. The number of anilines is 1. The predicted octanol–water partition coefficient (Wildman–Crippen LogP) is 2.40. The van der Waals surface area contributed by atoms with Crippen LogP contribution in [0.4, 0.5) is 10.1 Å². The highest BCUT2D eigenvalue weighted by Crippen LogP contribution is 2.22. The van der Waals surface area contributed by atoms with Crippen molar-refractivity contribution in [1.29, 1.82) is 0 Å². The van der Waals surface area contributed by atoms with Crippen LogP contribution in [0.3, 0.4) is 0 Å². The lowest BCUT2D eigenvalue weighted by molar-refractivity contribution is -0.114. The number of esters is 1. The number of hydrogen-bond donors (Lipinski definition) is 1. The zero-order valence-corrected chi connectivity index (χ0v) is 10.8. The summed E-state index contributed by atoms with van der Waals surface area (Å²) in [7, 11) is 0. The summed E-state index contributed by atoms with van der Waals surface area (Å²) in [5.41, 5.74) is -0.378. The fourth-order valence-electron chi connectivity index (χ4n) is 1.16. The molecular formula is C11H12ClFN2O3. The second kappa shape index (κ2) is 5.77. The van der Waals surface area contributed by atoms with Gasteiger partial charge in [0.05, 0.1) is 11.8 Å². The number of hydrogen-bond acceptors (Lipinski definition) is 4. The Bertz CT molecular complexity index is 491. The maximum Gasteiger partial charge on any atom is 0.357 e. The molecule has 0 fully saturated rings. The van der Waals surface area contributed by atoms with E-state index in [2.05, 4.69) is 10.3 Å². The molecule has 0 aliphatic heterocycles. The Morgan fingerprint density at radius 3 is 2.61 bits per heavy atom. The van der Waals surface area contributed by atoms with Crippen molar-refractivity contribution in [2.75, 3.05) is 5.32 Å². The van der Waals surface area contributed by atoms with E-state index in [4.69, 9.17) is 16.3 Å². The van der Waals surface area contributed by atoms with Gasteiger partial charge < -0.3 is 10.1 Å². The van der Waals surface area contributed by atoms with E-state index in [1.165, 1.54) is 6.92 Å². The van der Waals surface area contributed by atoms with Crippen LogP contribution in [0, 0.1) is 5.82 Å².